The summed E-state index contributed by atoms with van der Waals surface area (Å²) in [6.07, 6.45) is -0.959. The van der Waals surface area contributed by atoms with Crippen molar-refractivity contribution in [2.75, 3.05) is 31.5 Å². The molecule has 0 bridgehead atoms. The predicted octanol–water partition coefficient (Wildman–Crippen LogP) is 3.01. The third-order valence-corrected chi connectivity index (χ3v) is 2.91. The summed E-state index contributed by atoms with van der Waals surface area (Å²) >= 11 is 0. The first-order valence-electron chi connectivity index (χ1n) is 7.71. The molecule has 6 heteroatoms. The summed E-state index contributed by atoms with van der Waals surface area (Å²) in [5.41, 5.74) is 0.560. The molecule has 0 saturated carbocycles. The molecule has 6 nitrogen and oxygen atoms in total. The molecule has 1 unspecified atom stereocenters. The van der Waals surface area contributed by atoms with Crippen LogP contribution in [-0.4, -0.2) is 43.8 Å². The maximum Gasteiger partial charge on any atom is 0.333 e. The molecule has 22 heavy (non-hydrogen) atoms. The molecule has 0 aliphatic heterocycles. The van der Waals surface area contributed by atoms with Gasteiger partial charge in [0.25, 0.3) is 0 Å². The Balaban J connectivity index is 3.15. The van der Waals surface area contributed by atoms with E-state index < -0.39 is 12.2 Å². The van der Waals surface area contributed by atoms with Gasteiger partial charge in [-0.3, -0.25) is 5.21 Å². The lowest BCUT2D eigenvalue weighted by Gasteiger charge is -2.41. The van der Waals surface area contributed by atoms with Crippen LogP contribution in [0.1, 0.15) is 27.7 Å². The van der Waals surface area contributed by atoms with Crippen LogP contribution >= 0.6 is 0 Å². The van der Waals surface area contributed by atoms with Crippen LogP contribution in [0.5, 0.6) is 0 Å². The number of nitrogens with zero attached hydrogens (tertiary/aromatic N) is 1. The largest absolute Gasteiger partial charge is 0.349 e. The van der Waals surface area contributed by atoms with Crippen LogP contribution in [0.2, 0.25) is 0 Å². The van der Waals surface area contributed by atoms with Gasteiger partial charge >= 0.3 is 5.97 Å². The van der Waals surface area contributed by atoms with E-state index in [2.05, 4.69) is 0 Å². The predicted molar refractivity (Wildman–Crippen MR) is 83.7 cm³/mol. The Morgan fingerprint density at radius 1 is 0.909 bits per heavy atom. The highest BCUT2D eigenvalue weighted by Crippen LogP contribution is 2.28. The van der Waals surface area contributed by atoms with Gasteiger partial charge < -0.3 is 18.9 Å². The fourth-order valence-electron chi connectivity index (χ4n) is 2.14. The minimum Gasteiger partial charge on any atom is -0.349 e. The highest BCUT2D eigenvalue weighted by atomic mass is 16.9. The normalized spacial score (nSPS) is 13.1. The Hall–Kier alpha value is -1.18. The maximum absolute atomic E-state index is 10.6. The van der Waals surface area contributed by atoms with E-state index in [4.69, 9.17) is 18.9 Å². The summed E-state index contributed by atoms with van der Waals surface area (Å²) in [5, 5.41) is 11.6. The van der Waals surface area contributed by atoms with Crippen LogP contribution in [0.15, 0.2) is 30.3 Å². The van der Waals surface area contributed by atoms with Crippen molar-refractivity contribution in [1.82, 2.24) is 0 Å². The molecule has 1 atom stereocenters. The zero-order valence-electron chi connectivity index (χ0n) is 13.8. The van der Waals surface area contributed by atoms with Crippen LogP contribution in [0.25, 0.3) is 0 Å². The molecule has 0 aromatic heterocycles. The number of benzene rings is 1. The monoisotopic (exact) mass is 313 g/mol. The maximum atomic E-state index is 10.6. The highest BCUT2D eigenvalue weighted by molar-refractivity contribution is 5.43. The van der Waals surface area contributed by atoms with Crippen molar-refractivity contribution < 1.29 is 24.2 Å². The summed E-state index contributed by atoms with van der Waals surface area (Å²) < 4.78 is 22.8. The first kappa shape index (κ1) is 18.9. The SMILES string of the molecule is CCOC(N(O)c1ccccc1)C(OCC)(OCC)OCC. The van der Waals surface area contributed by atoms with Crippen molar-refractivity contribution in [3.63, 3.8) is 0 Å². The van der Waals surface area contributed by atoms with Crippen LogP contribution in [0, 0.1) is 0 Å². The fourth-order valence-corrected chi connectivity index (χ4v) is 2.14. The van der Waals surface area contributed by atoms with E-state index in [9.17, 15) is 5.21 Å². The van der Waals surface area contributed by atoms with Crippen molar-refractivity contribution in [1.29, 1.82) is 0 Å². The van der Waals surface area contributed by atoms with E-state index in [1.54, 1.807) is 12.1 Å². The van der Waals surface area contributed by atoms with Gasteiger partial charge in [-0.15, -0.1) is 0 Å². The lowest BCUT2D eigenvalue weighted by Crippen LogP contribution is -2.58. The van der Waals surface area contributed by atoms with E-state index in [0.717, 1.165) is 5.06 Å². The minimum atomic E-state index is -1.50. The van der Waals surface area contributed by atoms with Crippen molar-refractivity contribution in [2.45, 2.75) is 39.9 Å². The highest BCUT2D eigenvalue weighted by Gasteiger charge is 2.47. The van der Waals surface area contributed by atoms with Gasteiger partial charge in [0, 0.05) is 26.4 Å². The number of ether oxygens (including phenoxy) is 4. The van der Waals surface area contributed by atoms with Crippen LogP contribution in [-0.2, 0) is 18.9 Å². The molecule has 1 rings (SSSR count). The van der Waals surface area contributed by atoms with Gasteiger partial charge in [0.15, 0.2) is 0 Å². The van der Waals surface area contributed by atoms with E-state index >= 15 is 0 Å². The van der Waals surface area contributed by atoms with E-state index in [1.165, 1.54) is 0 Å². The molecule has 0 radical (unpaired) electrons. The van der Waals surface area contributed by atoms with Crippen LogP contribution < -0.4 is 5.06 Å². The Kier molecular flexibility index (Phi) is 8.37. The molecule has 1 N–H and O–H groups in total. The number of hydroxylamine groups is 1. The van der Waals surface area contributed by atoms with Gasteiger partial charge in [-0.2, -0.15) is 0 Å². The fraction of sp³-hybridized carbons (Fsp3) is 0.625. The molecule has 0 fully saturated rings. The van der Waals surface area contributed by atoms with Gasteiger partial charge in [-0.05, 0) is 39.8 Å². The van der Waals surface area contributed by atoms with E-state index in [1.807, 2.05) is 45.9 Å². The number of hydrogen-bond acceptors (Lipinski definition) is 6. The summed E-state index contributed by atoms with van der Waals surface area (Å²) in [7, 11) is 0. The number of rotatable bonds is 11. The first-order valence-corrected chi connectivity index (χ1v) is 7.71. The molecule has 126 valence electrons. The van der Waals surface area contributed by atoms with Crippen molar-refractivity contribution in [3.8, 4) is 0 Å². The second-order valence-corrected chi connectivity index (χ2v) is 4.39. The Labute approximate surface area is 132 Å². The molecular formula is C16H27NO5. The molecule has 1 aromatic carbocycles. The third-order valence-electron chi connectivity index (χ3n) is 2.91. The molecule has 1 aromatic rings. The molecule has 0 spiro atoms. The van der Waals surface area contributed by atoms with Gasteiger partial charge in [0.1, 0.15) is 0 Å². The Morgan fingerprint density at radius 3 is 1.82 bits per heavy atom. The minimum absolute atomic E-state index is 0.353. The quantitative estimate of drug-likeness (QED) is 0.500. The lowest BCUT2D eigenvalue weighted by molar-refractivity contribution is -0.419. The van der Waals surface area contributed by atoms with E-state index in [-0.39, 0.29) is 0 Å². The van der Waals surface area contributed by atoms with Gasteiger partial charge in [0.05, 0.1) is 5.69 Å². The average Bonchev–Trinajstić information content (AvgIpc) is 2.53. The Morgan fingerprint density at radius 2 is 1.41 bits per heavy atom. The number of para-hydroxylation sites is 1. The molecular weight excluding hydrogens is 286 g/mol. The lowest BCUT2D eigenvalue weighted by atomic mass is 10.3. The third kappa shape index (κ3) is 4.66. The second-order valence-electron chi connectivity index (χ2n) is 4.39. The van der Waals surface area contributed by atoms with Crippen molar-refractivity contribution >= 4 is 5.69 Å². The standard InChI is InChI=1S/C16H27NO5/c1-5-19-15(17(18)14-12-10-9-11-13-14)16(20-6-2,21-7-3)22-8-4/h9-13,15,18H,5-8H2,1-4H3. The van der Waals surface area contributed by atoms with Gasteiger partial charge in [-0.1, -0.05) is 18.2 Å². The van der Waals surface area contributed by atoms with Gasteiger partial charge in [0.2, 0.25) is 6.23 Å². The summed E-state index contributed by atoms with van der Waals surface area (Å²) in [6, 6.07) is 9.05. The molecule has 0 amide bonds. The van der Waals surface area contributed by atoms with Crippen LogP contribution in [0.4, 0.5) is 5.69 Å². The second kappa shape index (κ2) is 9.76. The zero-order chi connectivity index (χ0) is 16.4. The van der Waals surface area contributed by atoms with Crippen LogP contribution in [0.3, 0.4) is 0 Å². The van der Waals surface area contributed by atoms with Gasteiger partial charge in [-0.25, -0.2) is 5.06 Å². The number of anilines is 1. The molecule has 0 aliphatic rings. The first-order chi connectivity index (χ1) is 10.6. The molecule has 0 saturated heterocycles. The topological polar surface area (TPSA) is 60.4 Å². The molecule has 0 aliphatic carbocycles. The van der Waals surface area contributed by atoms with Crippen molar-refractivity contribution in [2.24, 2.45) is 0 Å². The summed E-state index contributed by atoms with van der Waals surface area (Å²) in [4.78, 5) is 0. The average molecular weight is 313 g/mol. The summed E-state index contributed by atoms with van der Waals surface area (Å²) in [6.45, 7) is 8.76. The number of hydrogen-bond donors (Lipinski definition) is 1. The van der Waals surface area contributed by atoms with E-state index in [0.29, 0.717) is 32.1 Å². The smallest absolute Gasteiger partial charge is 0.333 e. The molecule has 0 heterocycles. The van der Waals surface area contributed by atoms with Crippen molar-refractivity contribution in [3.05, 3.63) is 30.3 Å². The summed E-state index contributed by atoms with van der Waals surface area (Å²) in [5.74, 6) is -1.50. The Bertz CT molecular complexity index is 384. The zero-order valence-corrected chi connectivity index (χ0v) is 13.8.